The molecule has 0 saturated heterocycles. The fourth-order valence-corrected chi connectivity index (χ4v) is 3.17. The molecule has 1 heterocycles. The average Bonchev–Trinajstić information content (AvgIpc) is 2.45. The summed E-state index contributed by atoms with van der Waals surface area (Å²) in [5.41, 5.74) is 5.87. The van der Waals surface area contributed by atoms with Gasteiger partial charge in [-0.05, 0) is 46.9 Å². The van der Waals surface area contributed by atoms with E-state index >= 15 is 0 Å². The fourth-order valence-electron chi connectivity index (χ4n) is 1.51. The molecule has 0 aromatic carbocycles. The van der Waals surface area contributed by atoms with Gasteiger partial charge in [0, 0.05) is 28.6 Å². The Morgan fingerprint density at radius 1 is 1.55 bits per heavy atom. The maximum Gasteiger partial charge on any atom is 0.305 e. The Hall–Kier alpha value is -1.36. The van der Waals surface area contributed by atoms with Crippen LogP contribution < -0.4 is 10.5 Å². The summed E-state index contributed by atoms with van der Waals surface area (Å²) in [6.45, 7) is 0. The Morgan fingerprint density at radius 3 is 2.82 bits per heavy atom. The molecule has 3 N–H and O–H groups in total. The molecule has 0 bridgehead atoms. The number of nitrogens with zero attached hydrogens (tertiary/aromatic N) is 1. The van der Waals surface area contributed by atoms with Crippen LogP contribution in [0.4, 0.5) is 5.82 Å². The summed E-state index contributed by atoms with van der Waals surface area (Å²) >= 11 is 1.97. The van der Waals surface area contributed by atoms with E-state index < -0.39 is 15.6 Å². The normalized spacial score (nSPS) is 13.0. The van der Waals surface area contributed by atoms with Gasteiger partial charge in [0.1, 0.15) is 5.82 Å². The van der Waals surface area contributed by atoms with Crippen molar-refractivity contribution in [1.82, 2.24) is 9.71 Å². The second kappa shape index (κ2) is 8.32. The van der Waals surface area contributed by atoms with Gasteiger partial charge in [-0.2, -0.15) is 0 Å². The number of rotatable bonds is 6. The molecule has 0 aliphatic carbocycles. The van der Waals surface area contributed by atoms with Crippen LogP contribution in [0.5, 0.6) is 0 Å². The Bertz CT molecular complexity index is 684. The van der Waals surface area contributed by atoms with Gasteiger partial charge < -0.3 is 10.5 Å². The Labute approximate surface area is 143 Å². The largest absolute Gasteiger partial charge is 0.469 e. The molecule has 1 aromatic rings. The molecule has 122 valence electrons. The highest BCUT2D eigenvalue weighted by molar-refractivity contribution is 14.1. The van der Waals surface area contributed by atoms with Gasteiger partial charge in [0.05, 0.1) is 16.2 Å². The summed E-state index contributed by atoms with van der Waals surface area (Å²) in [4.78, 5) is 26.9. The van der Waals surface area contributed by atoms with Crippen LogP contribution in [0.25, 0.3) is 0 Å². The van der Waals surface area contributed by atoms with E-state index in [9.17, 15) is 13.8 Å². The van der Waals surface area contributed by atoms with Crippen molar-refractivity contribution in [2.24, 2.45) is 0 Å². The number of pyridine rings is 1. The number of aromatic nitrogens is 1. The second-order valence-electron chi connectivity index (χ2n) is 4.56. The van der Waals surface area contributed by atoms with Crippen molar-refractivity contribution in [3.05, 3.63) is 21.4 Å². The Kier molecular flexibility index (Phi) is 7.07. The van der Waals surface area contributed by atoms with Crippen LogP contribution in [0.15, 0.2) is 12.3 Å². The SMILES string of the molecule is COC(=O)CCCC=S(C)(=O)NC(=O)c1cnc(N)c(I)c1. The predicted molar refractivity (Wildman–Crippen MR) is 94.8 cm³/mol. The first-order chi connectivity index (χ1) is 10.2. The van der Waals surface area contributed by atoms with Crippen molar-refractivity contribution < 1.29 is 18.5 Å². The average molecular weight is 439 g/mol. The van der Waals surface area contributed by atoms with Crippen LogP contribution in [-0.4, -0.2) is 39.8 Å². The van der Waals surface area contributed by atoms with Crippen LogP contribution in [0.1, 0.15) is 29.6 Å². The monoisotopic (exact) mass is 439 g/mol. The van der Waals surface area contributed by atoms with E-state index in [1.54, 1.807) is 6.07 Å². The van der Waals surface area contributed by atoms with E-state index in [0.29, 0.717) is 22.2 Å². The lowest BCUT2D eigenvalue weighted by Gasteiger charge is -2.09. The molecule has 1 aromatic heterocycles. The van der Waals surface area contributed by atoms with Crippen LogP contribution in [0.2, 0.25) is 0 Å². The summed E-state index contributed by atoms with van der Waals surface area (Å²) in [5, 5.41) is 1.50. The van der Waals surface area contributed by atoms with E-state index in [1.807, 2.05) is 22.6 Å². The molecule has 0 aliphatic rings. The summed E-state index contributed by atoms with van der Waals surface area (Å²) in [7, 11) is -1.33. The van der Waals surface area contributed by atoms with Crippen molar-refractivity contribution in [2.75, 3.05) is 19.1 Å². The van der Waals surface area contributed by atoms with E-state index in [-0.39, 0.29) is 18.0 Å². The van der Waals surface area contributed by atoms with Crippen molar-refractivity contribution >= 4 is 55.4 Å². The van der Waals surface area contributed by atoms with Gasteiger partial charge >= 0.3 is 5.97 Å². The van der Waals surface area contributed by atoms with Gasteiger partial charge in [-0.1, -0.05) is 0 Å². The molecule has 1 amide bonds. The number of hydrogen-bond acceptors (Lipinski definition) is 6. The number of nitrogens with two attached hydrogens (primary N) is 1. The molecular weight excluding hydrogens is 421 g/mol. The third-order valence-electron chi connectivity index (χ3n) is 2.68. The molecule has 0 saturated carbocycles. The maximum absolute atomic E-state index is 12.3. The van der Waals surface area contributed by atoms with E-state index in [0.717, 1.165) is 0 Å². The first kappa shape index (κ1) is 18.7. The van der Waals surface area contributed by atoms with Gasteiger partial charge in [-0.25, -0.2) is 9.19 Å². The van der Waals surface area contributed by atoms with Crippen molar-refractivity contribution in [3.8, 4) is 0 Å². The van der Waals surface area contributed by atoms with Crippen LogP contribution >= 0.6 is 22.6 Å². The fraction of sp³-hybridized carbons (Fsp3) is 0.385. The van der Waals surface area contributed by atoms with Gasteiger partial charge in [-0.15, -0.1) is 0 Å². The molecule has 9 heteroatoms. The molecule has 0 fully saturated rings. The zero-order valence-corrected chi connectivity index (χ0v) is 15.3. The smallest absolute Gasteiger partial charge is 0.305 e. The van der Waals surface area contributed by atoms with E-state index in [4.69, 9.17) is 5.73 Å². The number of hydrogen-bond donors (Lipinski definition) is 2. The number of halogens is 1. The number of unbranched alkanes of at least 4 members (excludes halogenated alkanes) is 1. The van der Waals surface area contributed by atoms with E-state index in [1.165, 1.54) is 24.9 Å². The molecule has 0 aliphatic heterocycles. The van der Waals surface area contributed by atoms with Gasteiger partial charge in [0.2, 0.25) is 0 Å². The topological polar surface area (TPSA) is 111 Å². The lowest BCUT2D eigenvalue weighted by Crippen LogP contribution is -2.31. The number of anilines is 1. The predicted octanol–water partition coefficient (Wildman–Crippen LogP) is 0.973. The van der Waals surface area contributed by atoms with Crippen molar-refractivity contribution in [3.63, 3.8) is 0 Å². The third-order valence-corrected chi connectivity index (χ3v) is 5.00. The van der Waals surface area contributed by atoms with Gasteiger partial charge in [0.25, 0.3) is 5.91 Å². The highest BCUT2D eigenvalue weighted by Gasteiger charge is 2.11. The van der Waals surface area contributed by atoms with E-state index in [2.05, 4.69) is 14.4 Å². The highest BCUT2D eigenvalue weighted by Crippen LogP contribution is 2.13. The number of methoxy groups -OCH3 is 1. The first-order valence-corrected chi connectivity index (χ1v) is 9.48. The van der Waals surface area contributed by atoms with Gasteiger partial charge in [0.15, 0.2) is 0 Å². The number of esters is 1. The minimum atomic E-state index is -2.64. The molecule has 7 nitrogen and oxygen atoms in total. The molecule has 0 spiro atoms. The van der Waals surface area contributed by atoms with Crippen LogP contribution in [0.3, 0.4) is 0 Å². The lowest BCUT2D eigenvalue weighted by atomic mass is 10.2. The first-order valence-electron chi connectivity index (χ1n) is 6.37. The number of ether oxygens (including phenoxy) is 1. The molecule has 1 rings (SSSR count). The van der Waals surface area contributed by atoms with Crippen LogP contribution in [0, 0.1) is 3.57 Å². The number of carbonyl (C=O) groups excluding carboxylic acids is 2. The molecule has 0 radical (unpaired) electrons. The van der Waals surface area contributed by atoms with Crippen molar-refractivity contribution in [1.29, 1.82) is 0 Å². The zero-order valence-electron chi connectivity index (χ0n) is 12.3. The highest BCUT2D eigenvalue weighted by atomic mass is 127. The van der Waals surface area contributed by atoms with Crippen molar-refractivity contribution in [2.45, 2.75) is 19.3 Å². The summed E-state index contributed by atoms with van der Waals surface area (Å²) in [5.74, 6) is -0.464. The zero-order chi connectivity index (χ0) is 16.8. The Balaban J connectivity index is 2.66. The second-order valence-corrected chi connectivity index (χ2v) is 8.07. The van der Waals surface area contributed by atoms with Gasteiger partial charge in [-0.3, -0.25) is 14.3 Å². The van der Waals surface area contributed by atoms with Crippen LogP contribution in [-0.2, 0) is 19.2 Å². The summed E-state index contributed by atoms with van der Waals surface area (Å²) < 4.78 is 19.9. The number of nitrogens with one attached hydrogen (secondary N) is 1. The number of carbonyl (C=O) groups is 2. The maximum atomic E-state index is 12.3. The molecular formula is C13H18IN3O4S. The summed E-state index contributed by atoms with van der Waals surface area (Å²) in [6.07, 6.45) is 3.95. The minimum Gasteiger partial charge on any atom is -0.469 e. The molecule has 22 heavy (non-hydrogen) atoms. The lowest BCUT2D eigenvalue weighted by molar-refractivity contribution is -0.140. The molecule has 1 atom stereocenters. The molecule has 1 unspecified atom stereocenters. The minimum absolute atomic E-state index is 0.247. The third kappa shape index (κ3) is 6.18. The summed E-state index contributed by atoms with van der Waals surface area (Å²) in [6, 6.07) is 1.57. The Morgan fingerprint density at radius 2 is 2.23 bits per heavy atom. The standard InChI is InChI=1S/C13H18IN3O4S/c1-21-11(18)5-3-4-6-22(2,20)17-13(19)9-7-10(14)12(15)16-8-9/h6-8H,3-5H2,1-2H3,(H2,15,16)(H,17,19,20). The number of nitrogen functional groups attached to an aromatic ring is 1. The number of amides is 1. The quantitative estimate of drug-likeness (QED) is 0.296.